The van der Waals surface area contributed by atoms with Crippen molar-refractivity contribution in [3.05, 3.63) is 24.3 Å². The third-order valence-electron chi connectivity index (χ3n) is 4.37. The van der Waals surface area contributed by atoms with Crippen molar-refractivity contribution < 1.29 is 18.7 Å². The van der Waals surface area contributed by atoms with Crippen molar-refractivity contribution in [3.63, 3.8) is 0 Å². The Balaban J connectivity index is 1.57. The van der Waals surface area contributed by atoms with Crippen molar-refractivity contribution >= 4 is 17.8 Å². The largest absolute Gasteiger partial charge is 0.493 e. The maximum atomic E-state index is 12.2. The molecule has 1 fully saturated rings. The van der Waals surface area contributed by atoms with E-state index in [1.165, 1.54) is 0 Å². The van der Waals surface area contributed by atoms with Crippen LogP contribution in [0.5, 0.6) is 5.75 Å². The van der Waals surface area contributed by atoms with Crippen LogP contribution < -0.4 is 10.1 Å². The predicted molar refractivity (Wildman–Crippen MR) is 99.2 cm³/mol. The minimum atomic E-state index is -0.264. The van der Waals surface area contributed by atoms with Crippen LogP contribution in [0.25, 0.3) is 11.5 Å². The molecule has 27 heavy (non-hydrogen) atoms. The molecule has 0 spiro atoms. The second kappa shape index (κ2) is 9.16. The Morgan fingerprint density at radius 2 is 2.11 bits per heavy atom. The number of rotatable bonds is 7. The van der Waals surface area contributed by atoms with E-state index in [0.29, 0.717) is 37.4 Å². The van der Waals surface area contributed by atoms with Crippen molar-refractivity contribution in [2.45, 2.75) is 39.0 Å². The summed E-state index contributed by atoms with van der Waals surface area (Å²) in [5.41, 5.74) is 0.669. The molecule has 3 rings (SSSR count). The van der Waals surface area contributed by atoms with Gasteiger partial charge in [-0.25, -0.2) is 0 Å². The second-order valence-corrected chi connectivity index (χ2v) is 6.33. The summed E-state index contributed by atoms with van der Waals surface area (Å²) in [6.07, 6.45) is 3.73. The number of likely N-dealkylation sites (tertiary alicyclic amines) is 1. The standard InChI is InChI=1S/C19H24N4O4/c1-2-26-15-9-6-5-8-14(15)18-21-22-19(27-18)20-16(24)11-13-23-12-7-3-4-10-17(23)25/h5-6,8-9H,2-4,7,10-13H2,1H3,(H,20,22,24). The van der Waals surface area contributed by atoms with Gasteiger partial charge in [0.25, 0.3) is 5.89 Å². The van der Waals surface area contributed by atoms with Crippen molar-refractivity contribution in [2.24, 2.45) is 0 Å². The van der Waals surface area contributed by atoms with Gasteiger partial charge in [0, 0.05) is 25.9 Å². The van der Waals surface area contributed by atoms with Crippen molar-refractivity contribution in [1.29, 1.82) is 0 Å². The number of aromatic nitrogens is 2. The molecule has 1 aromatic heterocycles. The molecule has 1 aliphatic heterocycles. The number of para-hydroxylation sites is 1. The smallest absolute Gasteiger partial charge is 0.322 e. The number of benzene rings is 1. The minimum Gasteiger partial charge on any atom is -0.493 e. The average molecular weight is 372 g/mol. The van der Waals surface area contributed by atoms with Gasteiger partial charge < -0.3 is 14.1 Å². The molecule has 144 valence electrons. The Hall–Kier alpha value is -2.90. The van der Waals surface area contributed by atoms with Crippen LogP contribution >= 0.6 is 0 Å². The maximum Gasteiger partial charge on any atom is 0.322 e. The fourth-order valence-electron chi connectivity index (χ4n) is 3.00. The average Bonchev–Trinajstić information content (AvgIpc) is 3.02. The third kappa shape index (κ3) is 5.06. The molecule has 8 heteroatoms. The molecule has 1 saturated heterocycles. The summed E-state index contributed by atoms with van der Waals surface area (Å²) in [4.78, 5) is 25.9. The quantitative estimate of drug-likeness (QED) is 0.803. The molecule has 0 radical (unpaired) electrons. The van der Waals surface area contributed by atoms with E-state index < -0.39 is 0 Å². The first-order valence-corrected chi connectivity index (χ1v) is 9.30. The van der Waals surface area contributed by atoms with Crippen LogP contribution in [0.15, 0.2) is 28.7 Å². The number of nitrogens with one attached hydrogen (secondary N) is 1. The van der Waals surface area contributed by atoms with Gasteiger partial charge in [-0.05, 0) is 31.9 Å². The highest BCUT2D eigenvalue weighted by Gasteiger charge is 2.19. The zero-order chi connectivity index (χ0) is 19.1. The van der Waals surface area contributed by atoms with Crippen molar-refractivity contribution in [1.82, 2.24) is 15.1 Å². The van der Waals surface area contributed by atoms with Crippen LogP contribution in [0.1, 0.15) is 39.0 Å². The number of hydrogen-bond donors (Lipinski definition) is 1. The number of hydrogen-bond acceptors (Lipinski definition) is 6. The number of carbonyl (C=O) groups excluding carboxylic acids is 2. The first-order chi connectivity index (χ1) is 13.2. The first-order valence-electron chi connectivity index (χ1n) is 9.30. The first kappa shape index (κ1) is 18.9. The molecule has 0 bridgehead atoms. The van der Waals surface area contributed by atoms with E-state index in [-0.39, 0.29) is 30.1 Å². The van der Waals surface area contributed by atoms with Gasteiger partial charge in [0.15, 0.2) is 0 Å². The number of ether oxygens (including phenoxy) is 1. The molecule has 1 aliphatic rings. The van der Waals surface area contributed by atoms with Crippen LogP contribution in [0.4, 0.5) is 6.01 Å². The fraction of sp³-hybridized carbons (Fsp3) is 0.474. The normalized spacial score (nSPS) is 14.7. The number of amides is 2. The van der Waals surface area contributed by atoms with E-state index in [1.807, 2.05) is 31.2 Å². The summed E-state index contributed by atoms with van der Waals surface area (Å²) >= 11 is 0. The summed E-state index contributed by atoms with van der Waals surface area (Å²) in [6, 6.07) is 7.37. The Labute approximate surface area is 157 Å². The Bertz CT molecular complexity index is 790. The molecule has 0 unspecified atom stereocenters. The molecule has 2 aromatic rings. The lowest BCUT2D eigenvalue weighted by Crippen LogP contribution is -2.33. The zero-order valence-electron chi connectivity index (χ0n) is 15.4. The van der Waals surface area contributed by atoms with Crippen LogP contribution in [0, 0.1) is 0 Å². The highest BCUT2D eigenvalue weighted by atomic mass is 16.5. The molecule has 2 heterocycles. The molecule has 1 N–H and O–H groups in total. The van der Waals surface area contributed by atoms with E-state index in [0.717, 1.165) is 19.3 Å². The third-order valence-corrected chi connectivity index (χ3v) is 4.37. The lowest BCUT2D eigenvalue weighted by Gasteiger charge is -2.19. The summed E-state index contributed by atoms with van der Waals surface area (Å²) in [5, 5.41) is 10.5. The van der Waals surface area contributed by atoms with E-state index in [4.69, 9.17) is 9.15 Å². The van der Waals surface area contributed by atoms with Crippen molar-refractivity contribution in [2.75, 3.05) is 25.0 Å². The Morgan fingerprint density at radius 1 is 1.26 bits per heavy atom. The van der Waals surface area contributed by atoms with Crippen LogP contribution in [0.3, 0.4) is 0 Å². The highest BCUT2D eigenvalue weighted by Crippen LogP contribution is 2.29. The van der Waals surface area contributed by atoms with Crippen molar-refractivity contribution in [3.8, 4) is 17.2 Å². The molecular weight excluding hydrogens is 348 g/mol. The van der Waals surface area contributed by atoms with E-state index in [9.17, 15) is 9.59 Å². The van der Waals surface area contributed by atoms with E-state index in [2.05, 4.69) is 15.5 Å². The highest BCUT2D eigenvalue weighted by molar-refractivity contribution is 5.89. The maximum absolute atomic E-state index is 12.2. The lowest BCUT2D eigenvalue weighted by atomic mass is 10.2. The summed E-state index contributed by atoms with van der Waals surface area (Å²) in [7, 11) is 0. The number of nitrogens with zero attached hydrogens (tertiary/aromatic N) is 3. The molecular formula is C19H24N4O4. The molecule has 0 aliphatic carbocycles. The van der Waals surface area contributed by atoms with Crippen LogP contribution in [-0.2, 0) is 9.59 Å². The summed E-state index contributed by atoms with van der Waals surface area (Å²) in [6.45, 7) is 3.53. The van der Waals surface area contributed by atoms with Gasteiger partial charge in [-0.3, -0.25) is 14.9 Å². The number of carbonyl (C=O) groups is 2. The second-order valence-electron chi connectivity index (χ2n) is 6.33. The minimum absolute atomic E-state index is 0.0310. The van der Waals surface area contributed by atoms with E-state index in [1.54, 1.807) is 4.90 Å². The van der Waals surface area contributed by atoms with Gasteiger partial charge in [-0.15, -0.1) is 5.10 Å². The molecule has 8 nitrogen and oxygen atoms in total. The molecule has 0 atom stereocenters. The van der Waals surface area contributed by atoms with Gasteiger partial charge in [0.05, 0.1) is 12.2 Å². The predicted octanol–water partition coefficient (Wildman–Crippen LogP) is 2.87. The summed E-state index contributed by atoms with van der Waals surface area (Å²) < 4.78 is 11.1. The Kier molecular flexibility index (Phi) is 6.40. The van der Waals surface area contributed by atoms with Gasteiger partial charge in [-0.1, -0.05) is 23.7 Å². The monoisotopic (exact) mass is 372 g/mol. The fourth-order valence-corrected chi connectivity index (χ4v) is 3.00. The van der Waals surface area contributed by atoms with Gasteiger partial charge in [-0.2, -0.15) is 0 Å². The molecule has 0 saturated carbocycles. The molecule has 2 amide bonds. The van der Waals surface area contributed by atoms with Gasteiger partial charge in [0.2, 0.25) is 11.8 Å². The topological polar surface area (TPSA) is 97.6 Å². The molecule has 1 aromatic carbocycles. The van der Waals surface area contributed by atoms with Crippen LogP contribution in [-0.4, -0.2) is 46.6 Å². The Morgan fingerprint density at radius 3 is 2.96 bits per heavy atom. The van der Waals surface area contributed by atoms with E-state index >= 15 is 0 Å². The SMILES string of the molecule is CCOc1ccccc1-c1nnc(NC(=O)CCN2CCCCCC2=O)o1. The zero-order valence-corrected chi connectivity index (χ0v) is 15.4. The lowest BCUT2D eigenvalue weighted by molar-refractivity contribution is -0.131. The summed E-state index contributed by atoms with van der Waals surface area (Å²) in [5.74, 6) is 0.770. The van der Waals surface area contributed by atoms with Crippen LogP contribution in [0.2, 0.25) is 0 Å². The van der Waals surface area contributed by atoms with Gasteiger partial charge >= 0.3 is 6.01 Å². The number of anilines is 1. The van der Waals surface area contributed by atoms with Gasteiger partial charge in [0.1, 0.15) is 5.75 Å².